The van der Waals surface area contributed by atoms with Crippen LogP contribution in [0.4, 0.5) is 4.39 Å². The minimum atomic E-state index is -1.25. The molecular formula is C18H20FN3O4. The lowest BCUT2D eigenvalue weighted by Crippen LogP contribution is -2.45. The molecule has 0 radical (unpaired) electrons. The first-order valence-electron chi connectivity index (χ1n) is 8.52. The molecule has 138 valence electrons. The van der Waals surface area contributed by atoms with Crippen LogP contribution in [-0.2, 0) is 5.54 Å². The van der Waals surface area contributed by atoms with Crippen molar-refractivity contribution in [2.45, 2.75) is 51.0 Å². The molecule has 2 N–H and O–H groups in total. The predicted octanol–water partition coefficient (Wildman–Crippen LogP) is 3.23. The number of rotatable bonds is 5. The number of benzene rings is 1. The number of hydrogen-bond donors (Lipinski definition) is 2. The Balaban J connectivity index is 1.88. The summed E-state index contributed by atoms with van der Waals surface area (Å²) in [6, 6.07) is 3.21. The Kier molecular flexibility index (Phi) is 4.76. The van der Waals surface area contributed by atoms with E-state index in [9.17, 15) is 14.0 Å². The third-order valence-corrected chi connectivity index (χ3v) is 4.63. The molecule has 0 unspecified atom stereocenters. The minimum Gasteiger partial charge on any atom is -0.478 e. The van der Waals surface area contributed by atoms with Crippen molar-refractivity contribution < 1.29 is 23.6 Å². The maximum Gasteiger partial charge on any atom is 0.335 e. The molecular weight excluding hydrogens is 341 g/mol. The summed E-state index contributed by atoms with van der Waals surface area (Å²) >= 11 is 0. The topological polar surface area (TPSA) is 105 Å². The van der Waals surface area contributed by atoms with Crippen molar-refractivity contribution in [3.05, 3.63) is 46.9 Å². The standard InChI is InChI=1S/C18H20FN3O4/c1-10(2)15-20-17(22-26-15)18(7-3-4-8-18)21-14(23)12-6-5-11(16(24)25)9-13(12)19/h5-6,9-10H,3-4,7-8H2,1-2H3,(H,21,23)(H,24,25). The highest BCUT2D eigenvalue weighted by molar-refractivity contribution is 5.96. The molecule has 0 spiro atoms. The zero-order valence-electron chi connectivity index (χ0n) is 14.6. The maximum atomic E-state index is 14.2. The van der Waals surface area contributed by atoms with Gasteiger partial charge >= 0.3 is 5.97 Å². The molecule has 8 heteroatoms. The van der Waals surface area contributed by atoms with Gasteiger partial charge in [0, 0.05) is 5.92 Å². The molecule has 1 aromatic carbocycles. The normalized spacial score (nSPS) is 16.0. The van der Waals surface area contributed by atoms with Crippen LogP contribution in [0.2, 0.25) is 0 Å². The zero-order valence-corrected chi connectivity index (χ0v) is 14.6. The molecule has 0 atom stereocenters. The number of carboxylic acids is 1. The molecule has 1 aliphatic carbocycles. The van der Waals surface area contributed by atoms with Crippen LogP contribution in [0.25, 0.3) is 0 Å². The summed E-state index contributed by atoms with van der Waals surface area (Å²) in [5.74, 6) is -1.82. The van der Waals surface area contributed by atoms with Gasteiger partial charge in [-0.3, -0.25) is 4.79 Å². The van der Waals surface area contributed by atoms with E-state index in [1.807, 2.05) is 13.8 Å². The maximum absolute atomic E-state index is 14.2. The molecule has 0 saturated heterocycles. The number of carbonyl (C=O) groups is 2. The van der Waals surface area contributed by atoms with Crippen molar-refractivity contribution >= 4 is 11.9 Å². The molecule has 1 saturated carbocycles. The SMILES string of the molecule is CC(C)c1nc(C2(NC(=O)c3ccc(C(=O)O)cc3F)CCCC2)no1. The van der Waals surface area contributed by atoms with Gasteiger partial charge in [-0.1, -0.05) is 31.8 Å². The first-order chi connectivity index (χ1) is 12.3. The van der Waals surface area contributed by atoms with Gasteiger partial charge in [-0.25, -0.2) is 9.18 Å². The van der Waals surface area contributed by atoms with Gasteiger partial charge in [0.05, 0.1) is 11.1 Å². The lowest BCUT2D eigenvalue weighted by molar-refractivity contribution is 0.0695. The number of hydrogen-bond acceptors (Lipinski definition) is 5. The average molecular weight is 361 g/mol. The Labute approximate surface area is 149 Å². The molecule has 3 rings (SSSR count). The van der Waals surface area contributed by atoms with E-state index in [1.54, 1.807) is 0 Å². The van der Waals surface area contributed by atoms with Crippen LogP contribution in [0.1, 0.15) is 77.9 Å². The number of aromatic carboxylic acids is 1. The first kappa shape index (κ1) is 18.0. The second-order valence-electron chi connectivity index (χ2n) is 6.85. The van der Waals surface area contributed by atoms with Gasteiger partial charge in [-0.2, -0.15) is 4.98 Å². The van der Waals surface area contributed by atoms with Crippen LogP contribution < -0.4 is 5.32 Å². The number of amides is 1. The van der Waals surface area contributed by atoms with Crippen LogP contribution >= 0.6 is 0 Å². The number of nitrogens with zero attached hydrogens (tertiary/aromatic N) is 2. The highest BCUT2D eigenvalue weighted by Crippen LogP contribution is 2.38. The Hall–Kier alpha value is -2.77. The average Bonchev–Trinajstić information content (AvgIpc) is 3.24. The first-order valence-corrected chi connectivity index (χ1v) is 8.52. The fraction of sp³-hybridized carbons (Fsp3) is 0.444. The number of carbonyl (C=O) groups excluding carboxylic acids is 1. The summed E-state index contributed by atoms with van der Waals surface area (Å²) in [7, 11) is 0. The quantitative estimate of drug-likeness (QED) is 0.847. The van der Waals surface area contributed by atoms with E-state index in [2.05, 4.69) is 15.5 Å². The third-order valence-electron chi connectivity index (χ3n) is 4.63. The van der Waals surface area contributed by atoms with Gasteiger partial charge in [0.15, 0.2) is 5.82 Å². The van der Waals surface area contributed by atoms with E-state index in [0.717, 1.165) is 18.9 Å². The van der Waals surface area contributed by atoms with E-state index >= 15 is 0 Å². The fourth-order valence-corrected chi connectivity index (χ4v) is 3.16. The number of aromatic nitrogens is 2. The third kappa shape index (κ3) is 3.31. The Morgan fingerprint density at radius 2 is 2.00 bits per heavy atom. The van der Waals surface area contributed by atoms with Gasteiger partial charge in [0.1, 0.15) is 11.4 Å². The second kappa shape index (κ2) is 6.86. The summed E-state index contributed by atoms with van der Waals surface area (Å²) in [4.78, 5) is 28.0. The Morgan fingerprint density at radius 3 is 2.54 bits per heavy atom. The smallest absolute Gasteiger partial charge is 0.335 e. The van der Waals surface area contributed by atoms with Gasteiger partial charge < -0.3 is 14.9 Å². The summed E-state index contributed by atoms with van der Waals surface area (Å²) < 4.78 is 19.5. The summed E-state index contributed by atoms with van der Waals surface area (Å²) in [6.45, 7) is 3.85. The largest absolute Gasteiger partial charge is 0.478 e. The Bertz CT molecular complexity index is 841. The van der Waals surface area contributed by atoms with Crippen LogP contribution in [0.5, 0.6) is 0 Å². The summed E-state index contributed by atoms with van der Waals surface area (Å²) in [5.41, 5.74) is -1.23. The molecule has 0 aliphatic heterocycles. The number of carboxylic acid groups (broad SMARTS) is 1. The molecule has 26 heavy (non-hydrogen) atoms. The lowest BCUT2D eigenvalue weighted by Gasteiger charge is -2.26. The predicted molar refractivity (Wildman–Crippen MR) is 89.4 cm³/mol. The van der Waals surface area contributed by atoms with Crippen LogP contribution in [0.3, 0.4) is 0 Å². The van der Waals surface area contributed by atoms with Crippen molar-refractivity contribution in [3.63, 3.8) is 0 Å². The van der Waals surface area contributed by atoms with Crippen LogP contribution in [-0.4, -0.2) is 27.1 Å². The van der Waals surface area contributed by atoms with E-state index in [0.29, 0.717) is 24.6 Å². The number of halogens is 1. The van der Waals surface area contributed by atoms with Gasteiger partial charge in [0.2, 0.25) is 5.89 Å². The van der Waals surface area contributed by atoms with Crippen LogP contribution in [0, 0.1) is 5.82 Å². The second-order valence-corrected chi connectivity index (χ2v) is 6.85. The van der Waals surface area contributed by atoms with Gasteiger partial charge in [0.25, 0.3) is 5.91 Å². The number of nitrogens with one attached hydrogen (secondary N) is 1. The Morgan fingerprint density at radius 1 is 1.31 bits per heavy atom. The molecule has 1 aromatic heterocycles. The summed E-state index contributed by atoms with van der Waals surface area (Å²) in [5, 5.41) is 15.8. The van der Waals surface area contributed by atoms with Crippen molar-refractivity contribution in [3.8, 4) is 0 Å². The molecule has 2 aromatic rings. The fourth-order valence-electron chi connectivity index (χ4n) is 3.16. The van der Waals surface area contributed by atoms with E-state index in [-0.39, 0.29) is 17.0 Å². The van der Waals surface area contributed by atoms with Gasteiger partial charge in [-0.15, -0.1) is 0 Å². The van der Waals surface area contributed by atoms with Crippen molar-refractivity contribution in [1.29, 1.82) is 0 Å². The van der Waals surface area contributed by atoms with Crippen molar-refractivity contribution in [2.24, 2.45) is 0 Å². The monoisotopic (exact) mass is 361 g/mol. The summed E-state index contributed by atoms with van der Waals surface area (Å²) in [6.07, 6.45) is 3.02. The van der Waals surface area contributed by atoms with Crippen LogP contribution in [0.15, 0.2) is 22.7 Å². The lowest BCUT2D eigenvalue weighted by atomic mass is 9.95. The molecule has 1 aliphatic rings. The van der Waals surface area contributed by atoms with Crippen molar-refractivity contribution in [1.82, 2.24) is 15.5 Å². The van der Waals surface area contributed by atoms with E-state index in [1.165, 1.54) is 12.1 Å². The molecule has 7 nitrogen and oxygen atoms in total. The van der Waals surface area contributed by atoms with E-state index < -0.39 is 23.2 Å². The van der Waals surface area contributed by atoms with E-state index in [4.69, 9.17) is 9.63 Å². The van der Waals surface area contributed by atoms with Gasteiger partial charge in [-0.05, 0) is 31.0 Å². The molecule has 1 heterocycles. The molecule has 1 fully saturated rings. The molecule has 0 bridgehead atoms. The zero-order chi connectivity index (χ0) is 18.9. The highest BCUT2D eigenvalue weighted by Gasteiger charge is 2.42. The molecule has 1 amide bonds. The minimum absolute atomic E-state index is 0.0615. The highest BCUT2D eigenvalue weighted by atomic mass is 19.1. The van der Waals surface area contributed by atoms with Crippen molar-refractivity contribution in [2.75, 3.05) is 0 Å².